The number of thioether (sulfide) groups is 1. The molecule has 1 N–H and O–H groups in total. The van der Waals surface area contributed by atoms with E-state index in [1.54, 1.807) is 0 Å². The van der Waals surface area contributed by atoms with E-state index in [1.165, 1.54) is 10.5 Å². The summed E-state index contributed by atoms with van der Waals surface area (Å²) < 4.78 is 0. The molecule has 2 unspecified atom stereocenters. The van der Waals surface area contributed by atoms with E-state index >= 15 is 0 Å². The number of nitrogens with one attached hydrogen (secondary N) is 1. The molecule has 2 atom stereocenters. The summed E-state index contributed by atoms with van der Waals surface area (Å²) >= 11 is 1.84. The predicted molar refractivity (Wildman–Crippen MR) is 64.1 cm³/mol. The van der Waals surface area contributed by atoms with Crippen LogP contribution in [0.1, 0.15) is 27.2 Å². The molecule has 13 heavy (non-hydrogen) atoms. The van der Waals surface area contributed by atoms with Crippen molar-refractivity contribution in [2.24, 2.45) is 0 Å². The highest BCUT2D eigenvalue weighted by Crippen LogP contribution is 2.23. The highest BCUT2D eigenvalue weighted by atomic mass is 32.2. The van der Waals surface area contributed by atoms with Gasteiger partial charge in [-0.1, -0.05) is 25.7 Å². The van der Waals surface area contributed by atoms with Crippen LogP contribution in [-0.4, -0.2) is 18.3 Å². The molecule has 0 fully saturated rings. The van der Waals surface area contributed by atoms with Crippen LogP contribution in [0.5, 0.6) is 0 Å². The monoisotopic (exact) mass is 199 g/mol. The third-order valence-electron chi connectivity index (χ3n) is 1.91. The van der Waals surface area contributed by atoms with Crippen molar-refractivity contribution in [2.45, 2.75) is 38.5 Å². The highest BCUT2D eigenvalue weighted by molar-refractivity contribution is 8.03. The average Bonchev–Trinajstić information content (AvgIpc) is 1.98. The summed E-state index contributed by atoms with van der Waals surface area (Å²) in [5, 5.41) is 3.87. The molecule has 0 radical (unpaired) electrons. The van der Waals surface area contributed by atoms with E-state index in [1.807, 2.05) is 18.8 Å². The van der Waals surface area contributed by atoms with Crippen molar-refractivity contribution in [2.75, 3.05) is 7.05 Å². The quantitative estimate of drug-likeness (QED) is 0.659. The summed E-state index contributed by atoms with van der Waals surface area (Å²) in [6, 6.07) is 0.432. The van der Waals surface area contributed by atoms with Crippen molar-refractivity contribution in [3.63, 3.8) is 0 Å². The number of hydrogen-bond acceptors (Lipinski definition) is 2. The van der Waals surface area contributed by atoms with Gasteiger partial charge in [-0.05, 0) is 32.2 Å². The minimum Gasteiger partial charge on any atom is -0.313 e. The van der Waals surface area contributed by atoms with Crippen molar-refractivity contribution in [3.05, 3.63) is 23.6 Å². The van der Waals surface area contributed by atoms with Gasteiger partial charge in [-0.15, -0.1) is 11.8 Å². The molecule has 0 aliphatic heterocycles. The minimum atomic E-state index is 0.432. The molecule has 0 aromatic rings. The fourth-order valence-electron chi connectivity index (χ4n) is 1.29. The van der Waals surface area contributed by atoms with Gasteiger partial charge in [0.1, 0.15) is 0 Å². The molecular weight excluding hydrogens is 178 g/mol. The van der Waals surface area contributed by atoms with Crippen LogP contribution in [0.3, 0.4) is 0 Å². The predicted octanol–water partition coefficient (Wildman–Crippen LogP) is 3.20. The lowest BCUT2D eigenvalue weighted by Crippen LogP contribution is -2.28. The number of allylic oxidation sites excluding steroid dienone is 1. The van der Waals surface area contributed by atoms with Crippen molar-refractivity contribution in [1.29, 1.82) is 0 Å². The zero-order chi connectivity index (χ0) is 10.4. The van der Waals surface area contributed by atoms with Gasteiger partial charge in [0.05, 0.1) is 0 Å². The molecule has 0 aromatic carbocycles. The van der Waals surface area contributed by atoms with Crippen LogP contribution in [0.15, 0.2) is 23.6 Å². The first kappa shape index (κ1) is 12.8. The Balaban J connectivity index is 3.93. The lowest BCUT2D eigenvalue weighted by molar-refractivity contribution is 0.587. The summed E-state index contributed by atoms with van der Waals surface area (Å²) in [4.78, 5) is 1.18. The molecule has 0 saturated heterocycles. The van der Waals surface area contributed by atoms with Gasteiger partial charge >= 0.3 is 0 Å². The second-order valence-corrected chi connectivity index (χ2v) is 5.29. The molecule has 0 aliphatic carbocycles. The lowest BCUT2D eigenvalue weighted by atomic mass is 10.1. The summed E-state index contributed by atoms with van der Waals surface area (Å²) in [6.45, 7) is 14.2. The first-order chi connectivity index (χ1) is 5.97. The molecular formula is C11H21NS. The van der Waals surface area contributed by atoms with E-state index in [0.29, 0.717) is 11.3 Å². The zero-order valence-electron chi connectivity index (χ0n) is 9.18. The molecule has 0 amide bonds. The fourth-order valence-corrected chi connectivity index (χ4v) is 2.26. The van der Waals surface area contributed by atoms with Crippen LogP contribution in [0.4, 0.5) is 0 Å². The van der Waals surface area contributed by atoms with E-state index < -0.39 is 0 Å². The topological polar surface area (TPSA) is 12.0 Å². The molecule has 0 aromatic heterocycles. The fraction of sp³-hybridized carbons (Fsp3) is 0.636. The van der Waals surface area contributed by atoms with Crippen LogP contribution >= 0.6 is 11.8 Å². The molecule has 0 bridgehead atoms. The molecule has 1 nitrogen and oxygen atoms in total. The Morgan fingerprint density at radius 2 is 1.92 bits per heavy atom. The smallest absolute Gasteiger partial charge is 0.0281 e. The Morgan fingerprint density at radius 3 is 2.23 bits per heavy atom. The molecule has 76 valence electrons. The number of hydrogen-bond donors (Lipinski definition) is 1. The summed E-state index contributed by atoms with van der Waals surface area (Å²) in [5.74, 6) is 0. The Labute approximate surface area is 86.7 Å². The van der Waals surface area contributed by atoms with E-state index in [2.05, 4.69) is 39.2 Å². The Kier molecular flexibility index (Phi) is 6.17. The Bertz CT molecular complexity index is 187. The summed E-state index contributed by atoms with van der Waals surface area (Å²) in [6.07, 6.45) is 1.11. The summed E-state index contributed by atoms with van der Waals surface area (Å²) in [5.41, 5.74) is 1.21. The maximum Gasteiger partial charge on any atom is 0.0281 e. The first-order valence-electron chi connectivity index (χ1n) is 4.62. The van der Waals surface area contributed by atoms with E-state index in [9.17, 15) is 0 Å². The third-order valence-corrected chi connectivity index (χ3v) is 2.91. The molecule has 2 heteroatoms. The van der Waals surface area contributed by atoms with Crippen molar-refractivity contribution >= 4 is 11.8 Å². The van der Waals surface area contributed by atoms with Crippen molar-refractivity contribution in [3.8, 4) is 0 Å². The molecule has 0 rings (SSSR count). The van der Waals surface area contributed by atoms with Gasteiger partial charge in [0.25, 0.3) is 0 Å². The largest absolute Gasteiger partial charge is 0.313 e. The third kappa shape index (κ3) is 5.94. The molecule has 0 spiro atoms. The van der Waals surface area contributed by atoms with E-state index in [0.717, 1.165) is 6.42 Å². The van der Waals surface area contributed by atoms with Crippen LogP contribution < -0.4 is 5.32 Å². The molecule has 0 saturated carbocycles. The lowest BCUT2D eigenvalue weighted by Gasteiger charge is -2.20. The second kappa shape index (κ2) is 6.28. The van der Waals surface area contributed by atoms with E-state index in [4.69, 9.17) is 0 Å². The molecule has 0 heterocycles. The standard InChI is InChI=1S/C11H21NS/c1-8(2)11(12-6)7-10(5)13-9(3)4/h10-12H,1,3,7H2,2,4-6H3. The minimum absolute atomic E-state index is 0.432. The first-order valence-corrected chi connectivity index (χ1v) is 5.50. The zero-order valence-corrected chi connectivity index (χ0v) is 10.0. The van der Waals surface area contributed by atoms with Gasteiger partial charge < -0.3 is 5.32 Å². The van der Waals surface area contributed by atoms with Crippen LogP contribution in [0.25, 0.3) is 0 Å². The number of likely N-dealkylation sites (N-methyl/N-ethyl adjacent to an activating group) is 1. The maximum atomic E-state index is 3.96. The highest BCUT2D eigenvalue weighted by Gasteiger charge is 2.12. The Morgan fingerprint density at radius 1 is 1.38 bits per heavy atom. The maximum absolute atomic E-state index is 3.96. The van der Waals surface area contributed by atoms with Gasteiger partial charge in [0, 0.05) is 11.3 Å². The molecule has 0 aliphatic rings. The number of rotatable bonds is 6. The average molecular weight is 199 g/mol. The van der Waals surface area contributed by atoms with Gasteiger partial charge in [0.2, 0.25) is 0 Å². The van der Waals surface area contributed by atoms with Gasteiger partial charge in [-0.2, -0.15) is 0 Å². The van der Waals surface area contributed by atoms with E-state index in [-0.39, 0.29) is 0 Å². The van der Waals surface area contributed by atoms with Crippen LogP contribution in [0.2, 0.25) is 0 Å². The van der Waals surface area contributed by atoms with Crippen molar-refractivity contribution in [1.82, 2.24) is 5.32 Å². The van der Waals surface area contributed by atoms with Crippen LogP contribution in [-0.2, 0) is 0 Å². The van der Waals surface area contributed by atoms with Crippen LogP contribution in [0, 0.1) is 0 Å². The van der Waals surface area contributed by atoms with Crippen molar-refractivity contribution < 1.29 is 0 Å². The normalized spacial score (nSPS) is 15.1. The van der Waals surface area contributed by atoms with Gasteiger partial charge in [-0.25, -0.2) is 0 Å². The second-order valence-electron chi connectivity index (χ2n) is 3.55. The van der Waals surface area contributed by atoms with Gasteiger partial charge in [0.15, 0.2) is 0 Å². The Hall–Kier alpha value is -0.210. The summed E-state index contributed by atoms with van der Waals surface area (Å²) in [7, 11) is 1.98. The van der Waals surface area contributed by atoms with Gasteiger partial charge in [-0.3, -0.25) is 0 Å². The SMILES string of the molecule is C=C(C)SC(C)CC(NC)C(=C)C.